The standard InChI is InChI=1S/C19H25NO3/c1-13(2)16-8-10-17(11-9-16)20-19(22)14(3)23-18(21)12-15-6-4-5-7-15/h4,6,8-11,13-15H,5,7,12H2,1-3H3,(H,20,22)/t14-,15+/m1/s1. The summed E-state index contributed by atoms with van der Waals surface area (Å²) in [6.07, 6.45) is 5.67. The first-order chi connectivity index (χ1) is 11.0. The third-order valence-electron chi connectivity index (χ3n) is 4.06. The largest absolute Gasteiger partial charge is 0.453 e. The van der Waals surface area contributed by atoms with Gasteiger partial charge in [0.15, 0.2) is 6.10 Å². The number of ether oxygens (including phenoxy) is 1. The predicted octanol–water partition coefficient (Wildman–Crippen LogP) is 4.04. The average Bonchev–Trinajstić information content (AvgIpc) is 3.00. The van der Waals surface area contributed by atoms with Crippen LogP contribution in [-0.2, 0) is 14.3 Å². The van der Waals surface area contributed by atoms with Gasteiger partial charge in [0.25, 0.3) is 5.91 Å². The normalized spacial score (nSPS) is 18.0. The van der Waals surface area contributed by atoms with Gasteiger partial charge in [0.1, 0.15) is 0 Å². The molecule has 1 N–H and O–H groups in total. The molecule has 4 heteroatoms. The molecule has 0 aromatic heterocycles. The van der Waals surface area contributed by atoms with Gasteiger partial charge in [0, 0.05) is 5.69 Å². The summed E-state index contributed by atoms with van der Waals surface area (Å²) in [4.78, 5) is 24.0. The lowest BCUT2D eigenvalue weighted by Gasteiger charge is -2.15. The molecule has 1 aromatic carbocycles. The maximum Gasteiger partial charge on any atom is 0.307 e. The zero-order valence-electron chi connectivity index (χ0n) is 14.0. The summed E-state index contributed by atoms with van der Waals surface area (Å²) >= 11 is 0. The van der Waals surface area contributed by atoms with Gasteiger partial charge in [0.2, 0.25) is 0 Å². The van der Waals surface area contributed by atoms with Crippen LogP contribution in [0.5, 0.6) is 0 Å². The Hall–Kier alpha value is -2.10. The Morgan fingerprint density at radius 2 is 1.91 bits per heavy atom. The van der Waals surface area contributed by atoms with Crippen molar-refractivity contribution in [1.82, 2.24) is 0 Å². The number of hydrogen-bond acceptors (Lipinski definition) is 3. The first-order valence-electron chi connectivity index (χ1n) is 8.22. The van der Waals surface area contributed by atoms with E-state index in [0.29, 0.717) is 18.0 Å². The summed E-state index contributed by atoms with van der Waals surface area (Å²) in [5.41, 5.74) is 1.92. The number of esters is 1. The van der Waals surface area contributed by atoms with Crippen LogP contribution >= 0.6 is 0 Å². The fraction of sp³-hybridized carbons (Fsp3) is 0.474. The maximum absolute atomic E-state index is 12.1. The Morgan fingerprint density at radius 1 is 1.22 bits per heavy atom. The van der Waals surface area contributed by atoms with Crippen LogP contribution in [0, 0.1) is 5.92 Å². The van der Waals surface area contributed by atoms with Crippen molar-refractivity contribution in [2.75, 3.05) is 5.32 Å². The van der Waals surface area contributed by atoms with Crippen LogP contribution in [0.4, 0.5) is 5.69 Å². The number of hydrogen-bond donors (Lipinski definition) is 1. The topological polar surface area (TPSA) is 55.4 Å². The van der Waals surface area contributed by atoms with Crippen molar-refractivity contribution < 1.29 is 14.3 Å². The first-order valence-corrected chi connectivity index (χ1v) is 8.22. The Labute approximate surface area is 137 Å². The van der Waals surface area contributed by atoms with E-state index in [9.17, 15) is 9.59 Å². The van der Waals surface area contributed by atoms with Crippen molar-refractivity contribution in [2.45, 2.75) is 52.1 Å². The van der Waals surface area contributed by atoms with Crippen LogP contribution in [0.15, 0.2) is 36.4 Å². The highest BCUT2D eigenvalue weighted by Crippen LogP contribution is 2.21. The molecule has 2 rings (SSSR count). The lowest BCUT2D eigenvalue weighted by atomic mass is 10.0. The Kier molecular flexibility index (Phi) is 5.97. The summed E-state index contributed by atoms with van der Waals surface area (Å²) in [6, 6.07) is 7.71. The average molecular weight is 315 g/mol. The summed E-state index contributed by atoms with van der Waals surface area (Å²) in [6.45, 7) is 5.84. The number of nitrogens with one attached hydrogen (secondary N) is 1. The van der Waals surface area contributed by atoms with Crippen molar-refractivity contribution in [3.8, 4) is 0 Å². The highest BCUT2D eigenvalue weighted by atomic mass is 16.5. The fourth-order valence-electron chi connectivity index (χ4n) is 2.57. The van der Waals surface area contributed by atoms with Gasteiger partial charge >= 0.3 is 5.97 Å². The molecule has 0 fully saturated rings. The third kappa shape index (κ3) is 5.23. The second-order valence-corrected chi connectivity index (χ2v) is 6.37. The Bertz CT molecular complexity index is 575. The maximum atomic E-state index is 12.1. The second kappa shape index (κ2) is 7.95. The molecule has 1 amide bonds. The van der Waals surface area contributed by atoms with E-state index >= 15 is 0 Å². The molecule has 0 heterocycles. The molecule has 1 aliphatic carbocycles. The summed E-state index contributed by atoms with van der Waals surface area (Å²) in [7, 11) is 0. The highest BCUT2D eigenvalue weighted by molar-refractivity contribution is 5.95. The third-order valence-corrected chi connectivity index (χ3v) is 4.06. The van der Waals surface area contributed by atoms with Crippen LogP contribution in [0.1, 0.15) is 51.5 Å². The number of amides is 1. The van der Waals surface area contributed by atoms with Gasteiger partial charge in [-0.05, 0) is 49.3 Å². The number of rotatable bonds is 6. The van der Waals surface area contributed by atoms with E-state index in [4.69, 9.17) is 4.74 Å². The summed E-state index contributed by atoms with van der Waals surface area (Å²) < 4.78 is 5.22. The molecule has 0 saturated carbocycles. The van der Waals surface area contributed by atoms with Gasteiger partial charge in [-0.25, -0.2) is 0 Å². The van der Waals surface area contributed by atoms with Crippen molar-refractivity contribution in [3.63, 3.8) is 0 Å². The molecule has 1 aliphatic rings. The number of carbonyl (C=O) groups excluding carboxylic acids is 2. The number of allylic oxidation sites excluding steroid dienone is 2. The van der Waals surface area contributed by atoms with E-state index < -0.39 is 6.10 Å². The first kappa shape index (κ1) is 17.3. The molecular weight excluding hydrogens is 290 g/mol. The molecule has 0 spiro atoms. The molecule has 23 heavy (non-hydrogen) atoms. The summed E-state index contributed by atoms with van der Waals surface area (Å²) in [5, 5.41) is 2.78. The van der Waals surface area contributed by atoms with E-state index in [-0.39, 0.29) is 17.8 Å². The number of benzene rings is 1. The van der Waals surface area contributed by atoms with Crippen LogP contribution in [0.2, 0.25) is 0 Å². The minimum Gasteiger partial charge on any atom is -0.453 e. The van der Waals surface area contributed by atoms with E-state index in [1.165, 1.54) is 5.56 Å². The van der Waals surface area contributed by atoms with E-state index in [1.807, 2.05) is 30.3 Å². The number of carbonyl (C=O) groups is 2. The van der Waals surface area contributed by atoms with E-state index in [1.54, 1.807) is 6.92 Å². The molecule has 4 nitrogen and oxygen atoms in total. The van der Waals surface area contributed by atoms with Crippen LogP contribution < -0.4 is 5.32 Å². The van der Waals surface area contributed by atoms with Gasteiger partial charge in [-0.2, -0.15) is 0 Å². The molecular formula is C19H25NO3. The Morgan fingerprint density at radius 3 is 2.48 bits per heavy atom. The van der Waals surface area contributed by atoms with Gasteiger partial charge in [-0.15, -0.1) is 0 Å². The predicted molar refractivity (Wildman–Crippen MR) is 91.2 cm³/mol. The van der Waals surface area contributed by atoms with Crippen molar-refractivity contribution >= 4 is 17.6 Å². The molecule has 0 aliphatic heterocycles. The molecule has 0 radical (unpaired) electrons. The lowest BCUT2D eigenvalue weighted by molar-refractivity contribution is -0.153. The molecule has 1 aromatic rings. The quantitative estimate of drug-likeness (QED) is 0.637. The van der Waals surface area contributed by atoms with Crippen LogP contribution in [0.25, 0.3) is 0 Å². The highest BCUT2D eigenvalue weighted by Gasteiger charge is 2.21. The smallest absolute Gasteiger partial charge is 0.307 e. The minimum absolute atomic E-state index is 0.251. The van der Waals surface area contributed by atoms with Crippen LogP contribution in [-0.4, -0.2) is 18.0 Å². The zero-order chi connectivity index (χ0) is 16.8. The second-order valence-electron chi connectivity index (χ2n) is 6.37. The minimum atomic E-state index is -0.794. The SMILES string of the molecule is CC(C)c1ccc(NC(=O)[C@@H](C)OC(=O)C[C@H]2C=CCC2)cc1. The Balaban J connectivity index is 1.81. The van der Waals surface area contributed by atoms with Gasteiger partial charge < -0.3 is 10.1 Å². The summed E-state index contributed by atoms with van der Waals surface area (Å²) in [5.74, 6) is 0.0718. The molecule has 0 saturated heterocycles. The fourth-order valence-corrected chi connectivity index (χ4v) is 2.57. The van der Waals surface area contributed by atoms with Crippen LogP contribution in [0.3, 0.4) is 0 Å². The molecule has 0 unspecified atom stereocenters. The zero-order valence-corrected chi connectivity index (χ0v) is 14.0. The van der Waals surface area contributed by atoms with Gasteiger partial charge in [0.05, 0.1) is 6.42 Å². The van der Waals surface area contributed by atoms with E-state index in [2.05, 4.69) is 25.2 Å². The van der Waals surface area contributed by atoms with Crippen molar-refractivity contribution in [3.05, 3.63) is 42.0 Å². The number of anilines is 1. The van der Waals surface area contributed by atoms with E-state index in [0.717, 1.165) is 12.8 Å². The van der Waals surface area contributed by atoms with Crippen molar-refractivity contribution in [2.24, 2.45) is 5.92 Å². The molecule has 2 atom stereocenters. The molecule has 124 valence electrons. The van der Waals surface area contributed by atoms with Gasteiger partial charge in [-0.1, -0.05) is 38.1 Å². The van der Waals surface area contributed by atoms with Crippen molar-refractivity contribution in [1.29, 1.82) is 0 Å². The molecule has 0 bridgehead atoms. The monoisotopic (exact) mass is 315 g/mol. The lowest BCUT2D eigenvalue weighted by Crippen LogP contribution is -2.30. The van der Waals surface area contributed by atoms with Gasteiger partial charge in [-0.3, -0.25) is 9.59 Å².